The van der Waals surface area contributed by atoms with Crippen LogP contribution in [0.15, 0.2) is 24.3 Å². The van der Waals surface area contributed by atoms with Crippen molar-refractivity contribution in [3.8, 4) is 0 Å². The lowest BCUT2D eigenvalue weighted by Gasteiger charge is -2.33. The molecule has 0 spiro atoms. The molecule has 3 rings (SSSR count). The highest BCUT2D eigenvalue weighted by atomic mass is 16.7. The Morgan fingerprint density at radius 1 is 1.04 bits per heavy atom. The zero-order chi connectivity index (χ0) is 16.9. The number of nitrogens with zero attached hydrogens (tertiary/aromatic N) is 1. The summed E-state index contributed by atoms with van der Waals surface area (Å²) in [6, 6.07) is 7.50. The second-order valence-electron chi connectivity index (χ2n) is 6.62. The van der Waals surface area contributed by atoms with E-state index in [1.54, 1.807) is 0 Å². The Hall–Kier alpha value is -1.72. The van der Waals surface area contributed by atoms with E-state index in [0.717, 1.165) is 31.5 Å². The van der Waals surface area contributed by atoms with Crippen LogP contribution in [-0.4, -0.2) is 49.2 Å². The molecule has 1 amide bonds. The molecule has 130 valence electrons. The van der Waals surface area contributed by atoms with Crippen LogP contribution in [0.2, 0.25) is 0 Å². The van der Waals surface area contributed by atoms with Crippen molar-refractivity contribution in [3.05, 3.63) is 35.4 Å². The molecule has 5 heteroatoms. The smallest absolute Gasteiger partial charge is 0.223 e. The largest absolute Gasteiger partial charge is 0.350 e. The predicted molar refractivity (Wildman–Crippen MR) is 89.7 cm³/mol. The maximum Gasteiger partial charge on any atom is 0.223 e. The Balaban J connectivity index is 1.42. The molecule has 2 aliphatic heterocycles. The first-order valence-electron chi connectivity index (χ1n) is 8.74. The molecule has 0 unspecified atom stereocenters. The molecule has 24 heavy (non-hydrogen) atoms. The Bertz CT molecular complexity index is 570. The maximum absolute atomic E-state index is 12.3. The summed E-state index contributed by atoms with van der Waals surface area (Å²) in [4.78, 5) is 26.4. The Morgan fingerprint density at radius 2 is 1.67 bits per heavy atom. The summed E-state index contributed by atoms with van der Waals surface area (Å²) in [5, 5.41) is 0. The molecule has 0 bridgehead atoms. The van der Waals surface area contributed by atoms with E-state index in [2.05, 4.69) is 0 Å². The third kappa shape index (κ3) is 4.22. The van der Waals surface area contributed by atoms with Crippen molar-refractivity contribution < 1.29 is 19.1 Å². The summed E-state index contributed by atoms with van der Waals surface area (Å²) in [5.74, 6) is 0.485. The molecule has 1 aromatic carbocycles. The van der Waals surface area contributed by atoms with Gasteiger partial charge in [-0.15, -0.1) is 0 Å². The van der Waals surface area contributed by atoms with Crippen LogP contribution >= 0.6 is 0 Å². The van der Waals surface area contributed by atoms with Gasteiger partial charge in [0.2, 0.25) is 5.91 Å². The van der Waals surface area contributed by atoms with E-state index >= 15 is 0 Å². The Kier molecular flexibility index (Phi) is 5.63. The van der Waals surface area contributed by atoms with Gasteiger partial charge in [-0.3, -0.25) is 9.59 Å². The third-order valence-corrected chi connectivity index (χ3v) is 4.86. The number of ketones is 1. The molecule has 2 heterocycles. The Labute approximate surface area is 142 Å². The number of likely N-dealkylation sites (tertiary alicyclic amines) is 1. The van der Waals surface area contributed by atoms with Gasteiger partial charge in [-0.1, -0.05) is 29.8 Å². The molecule has 0 aliphatic carbocycles. The van der Waals surface area contributed by atoms with E-state index in [0.29, 0.717) is 24.7 Å². The van der Waals surface area contributed by atoms with Gasteiger partial charge >= 0.3 is 0 Å². The lowest BCUT2D eigenvalue weighted by molar-refractivity contribution is -0.136. The minimum Gasteiger partial charge on any atom is -0.350 e. The average Bonchev–Trinajstić information content (AvgIpc) is 3.15. The Morgan fingerprint density at radius 3 is 2.29 bits per heavy atom. The highest BCUT2D eigenvalue weighted by molar-refractivity contribution is 5.97. The minimum absolute atomic E-state index is 0.0333. The summed E-state index contributed by atoms with van der Waals surface area (Å²) in [5.41, 5.74) is 1.81. The average molecular weight is 331 g/mol. The van der Waals surface area contributed by atoms with Gasteiger partial charge in [-0.25, -0.2) is 0 Å². The van der Waals surface area contributed by atoms with Crippen LogP contribution in [0, 0.1) is 12.8 Å². The van der Waals surface area contributed by atoms with Crippen molar-refractivity contribution in [1.29, 1.82) is 0 Å². The third-order valence-electron chi connectivity index (χ3n) is 4.86. The second kappa shape index (κ2) is 7.90. The number of hydrogen-bond acceptors (Lipinski definition) is 4. The van der Waals surface area contributed by atoms with Gasteiger partial charge in [0.25, 0.3) is 0 Å². The maximum atomic E-state index is 12.3. The van der Waals surface area contributed by atoms with Crippen molar-refractivity contribution in [2.75, 3.05) is 26.3 Å². The molecular formula is C19H25NO4. The first-order valence-corrected chi connectivity index (χ1v) is 8.74. The van der Waals surface area contributed by atoms with Crippen molar-refractivity contribution in [3.63, 3.8) is 0 Å². The number of Topliss-reactive ketones (excluding diaryl/α,β-unsaturated/α-hetero) is 1. The summed E-state index contributed by atoms with van der Waals surface area (Å²) in [6.45, 7) is 4.79. The van der Waals surface area contributed by atoms with E-state index in [4.69, 9.17) is 9.47 Å². The molecule has 0 atom stereocenters. The highest BCUT2D eigenvalue weighted by Crippen LogP contribution is 2.26. The number of ether oxygens (including phenoxy) is 2. The van der Waals surface area contributed by atoms with Crippen LogP contribution in [0.5, 0.6) is 0 Å². The second-order valence-corrected chi connectivity index (χ2v) is 6.62. The molecule has 2 saturated heterocycles. The number of benzene rings is 1. The van der Waals surface area contributed by atoms with Crippen LogP contribution in [-0.2, 0) is 14.3 Å². The van der Waals surface area contributed by atoms with Gasteiger partial charge in [-0.05, 0) is 19.8 Å². The number of carbonyl (C=O) groups is 2. The standard InChI is InChI=1S/C19H25NO4/c1-14-2-4-15(5-3-14)17(21)6-7-18(22)20-10-8-16(9-11-20)19-23-12-13-24-19/h2-5,16,19H,6-13H2,1H3. The van der Waals surface area contributed by atoms with Crippen molar-refractivity contribution in [1.82, 2.24) is 4.90 Å². The van der Waals surface area contributed by atoms with Gasteiger partial charge < -0.3 is 14.4 Å². The SMILES string of the molecule is Cc1ccc(C(=O)CCC(=O)N2CCC(C3OCCO3)CC2)cc1. The van der Waals surface area contributed by atoms with Gasteiger partial charge in [-0.2, -0.15) is 0 Å². The predicted octanol–water partition coefficient (Wildman–Crippen LogP) is 2.57. The van der Waals surface area contributed by atoms with Crippen molar-refractivity contribution in [2.24, 2.45) is 5.92 Å². The molecule has 2 fully saturated rings. The van der Waals surface area contributed by atoms with Crippen LogP contribution in [0.25, 0.3) is 0 Å². The monoisotopic (exact) mass is 331 g/mol. The van der Waals surface area contributed by atoms with Gasteiger partial charge in [0.05, 0.1) is 13.2 Å². The van der Waals surface area contributed by atoms with Crippen molar-refractivity contribution >= 4 is 11.7 Å². The van der Waals surface area contributed by atoms with Gasteiger partial charge in [0.1, 0.15) is 0 Å². The summed E-state index contributed by atoms with van der Waals surface area (Å²) < 4.78 is 11.1. The lowest BCUT2D eigenvalue weighted by Crippen LogP contribution is -2.41. The zero-order valence-corrected chi connectivity index (χ0v) is 14.2. The van der Waals surface area contributed by atoms with E-state index in [9.17, 15) is 9.59 Å². The number of hydrogen-bond donors (Lipinski definition) is 0. The van der Waals surface area contributed by atoms with Gasteiger partial charge in [0.15, 0.2) is 12.1 Å². The van der Waals surface area contributed by atoms with E-state index in [-0.39, 0.29) is 30.8 Å². The summed E-state index contributed by atoms with van der Waals surface area (Å²) in [6.07, 6.45) is 2.28. The first-order chi connectivity index (χ1) is 11.6. The fourth-order valence-electron chi connectivity index (χ4n) is 3.33. The number of carbonyl (C=O) groups excluding carboxylic acids is 2. The van der Waals surface area contributed by atoms with Gasteiger partial charge in [0, 0.05) is 37.4 Å². The number of amides is 1. The topological polar surface area (TPSA) is 55.8 Å². The van der Waals surface area contributed by atoms with Crippen LogP contribution in [0.3, 0.4) is 0 Å². The number of piperidine rings is 1. The number of aryl methyl sites for hydroxylation is 1. The molecule has 0 N–H and O–H groups in total. The summed E-state index contributed by atoms with van der Waals surface area (Å²) in [7, 11) is 0. The lowest BCUT2D eigenvalue weighted by atomic mass is 9.95. The normalized spacial score (nSPS) is 19.6. The zero-order valence-electron chi connectivity index (χ0n) is 14.2. The minimum atomic E-state index is -0.0923. The highest BCUT2D eigenvalue weighted by Gasteiger charge is 2.31. The van der Waals surface area contributed by atoms with Crippen LogP contribution < -0.4 is 0 Å². The fourth-order valence-corrected chi connectivity index (χ4v) is 3.33. The molecule has 5 nitrogen and oxygen atoms in total. The fraction of sp³-hybridized carbons (Fsp3) is 0.579. The molecule has 0 saturated carbocycles. The molecule has 0 radical (unpaired) electrons. The van der Waals surface area contributed by atoms with E-state index in [1.807, 2.05) is 36.1 Å². The molecule has 1 aromatic rings. The van der Waals surface area contributed by atoms with Crippen LogP contribution in [0.1, 0.15) is 41.6 Å². The van der Waals surface area contributed by atoms with E-state index < -0.39 is 0 Å². The summed E-state index contributed by atoms with van der Waals surface area (Å²) >= 11 is 0. The van der Waals surface area contributed by atoms with Crippen molar-refractivity contribution in [2.45, 2.75) is 38.9 Å². The quantitative estimate of drug-likeness (QED) is 0.778. The first kappa shape index (κ1) is 17.1. The molecule has 0 aromatic heterocycles. The van der Waals surface area contributed by atoms with Crippen LogP contribution in [0.4, 0.5) is 0 Å². The molecular weight excluding hydrogens is 306 g/mol. The number of rotatable bonds is 5. The molecule has 2 aliphatic rings. The van der Waals surface area contributed by atoms with E-state index in [1.165, 1.54) is 0 Å².